The number of hydrogen-bond donors (Lipinski definition) is 1. The van der Waals surface area contributed by atoms with Gasteiger partial charge in [-0.25, -0.2) is 4.98 Å². The molecule has 2 heterocycles. The molecule has 1 aliphatic carbocycles. The summed E-state index contributed by atoms with van der Waals surface area (Å²) in [6, 6.07) is 2.64. The van der Waals surface area contributed by atoms with Gasteiger partial charge in [-0.15, -0.1) is 0 Å². The van der Waals surface area contributed by atoms with Gasteiger partial charge in [-0.05, 0) is 89.3 Å². The first kappa shape index (κ1) is 30.7. The van der Waals surface area contributed by atoms with Crippen LogP contribution in [0.2, 0.25) is 0 Å². The minimum atomic E-state index is 0.346. The second-order valence-electron chi connectivity index (χ2n) is 11.3. The van der Waals surface area contributed by atoms with Gasteiger partial charge in [0.2, 0.25) is 0 Å². The molecule has 0 amide bonds. The molecule has 0 spiro atoms. The van der Waals surface area contributed by atoms with Gasteiger partial charge in [0.05, 0.1) is 34.7 Å². The number of anilines is 1. The van der Waals surface area contributed by atoms with Crippen molar-refractivity contribution in [1.29, 1.82) is 0 Å². The quantitative estimate of drug-likeness (QED) is 0.208. The Labute approximate surface area is 238 Å². The predicted molar refractivity (Wildman–Crippen MR) is 173 cm³/mol. The van der Waals surface area contributed by atoms with Crippen LogP contribution in [0.1, 0.15) is 110 Å². The van der Waals surface area contributed by atoms with Gasteiger partial charge in [-0.1, -0.05) is 76.5 Å². The lowest BCUT2D eigenvalue weighted by Crippen LogP contribution is -2.14. The molecule has 0 bridgehead atoms. The first-order chi connectivity index (χ1) is 18.8. The minimum absolute atomic E-state index is 0.346. The molecule has 0 radical (unpaired) electrons. The number of aliphatic imine (C=N–C) groups is 1. The molecule has 3 rings (SSSR count). The fourth-order valence-electron chi connectivity index (χ4n) is 5.57. The Balaban J connectivity index is 2.25. The maximum absolute atomic E-state index is 5.39. The zero-order valence-electron chi connectivity index (χ0n) is 26.1. The highest BCUT2D eigenvalue weighted by atomic mass is 15.1. The van der Waals surface area contributed by atoms with Crippen molar-refractivity contribution in [3.8, 4) is 0 Å². The third-order valence-electron chi connectivity index (χ3n) is 8.20. The van der Waals surface area contributed by atoms with Gasteiger partial charge in [-0.3, -0.25) is 4.99 Å². The normalized spacial score (nSPS) is 16.7. The highest BCUT2D eigenvalue weighted by Crippen LogP contribution is 2.40. The molecule has 1 atom stereocenters. The molecule has 4 heteroatoms. The van der Waals surface area contributed by atoms with Crippen molar-refractivity contribution in [2.75, 3.05) is 11.9 Å². The number of rotatable bonds is 13. The van der Waals surface area contributed by atoms with Crippen LogP contribution in [-0.4, -0.2) is 22.3 Å². The van der Waals surface area contributed by atoms with Crippen LogP contribution < -0.4 is 5.32 Å². The zero-order valence-corrected chi connectivity index (χ0v) is 26.1. The lowest BCUT2D eigenvalue weighted by Gasteiger charge is -2.28. The summed E-state index contributed by atoms with van der Waals surface area (Å²) >= 11 is 0. The Morgan fingerprint density at radius 3 is 2.49 bits per heavy atom. The minimum Gasteiger partial charge on any atom is -0.378 e. The van der Waals surface area contributed by atoms with E-state index in [0.29, 0.717) is 24.4 Å². The van der Waals surface area contributed by atoms with Gasteiger partial charge in [0, 0.05) is 18.0 Å². The van der Waals surface area contributed by atoms with Crippen LogP contribution >= 0.6 is 0 Å². The molecule has 0 aromatic carbocycles. The average molecular weight is 529 g/mol. The van der Waals surface area contributed by atoms with Crippen molar-refractivity contribution in [2.45, 2.75) is 107 Å². The van der Waals surface area contributed by atoms with Crippen molar-refractivity contribution in [3.05, 3.63) is 64.7 Å². The average Bonchev–Trinajstić information content (AvgIpc) is 3.17. The van der Waals surface area contributed by atoms with E-state index >= 15 is 0 Å². The van der Waals surface area contributed by atoms with E-state index in [2.05, 4.69) is 102 Å². The highest BCUT2D eigenvalue weighted by molar-refractivity contribution is 5.95. The van der Waals surface area contributed by atoms with Crippen molar-refractivity contribution >= 4 is 28.5 Å². The Morgan fingerprint density at radius 2 is 1.92 bits per heavy atom. The van der Waals surface area contributed by atoms with Crippen LogP contribution in [0.5, 0.6) is 0 Å². The summed E-state index contributed by atoms with van der Waals surface area (Å²) < 4.78 is 2.49. The second kappa shape index (κ2) is 14.5. The summed E-state index contributed by atoms with van der Waals surface area (Å²) in [6.07, 6.45) is 20.1. The second-order valence-corrected chi connectivity index (χ2v) is 11.3. The highest BCUT2D eigenvalue weighted by Gasteiger charge is 2.24. The van der Waals surface area contributed by atoms with Gasteiger partial charge in [-0.2, -0.15) is 0 Å². The van der Waals surface area contributed by atoms with Gasteiger partial charge >= 0.3 is 0 Å². The third kappa shape index (κ3) is 7.21. The fourth-order valence-corrected chi connectivity index (χ4v) is 5.57. The zero-order chi connectivity index (χ0) is 28.5. The number of pyridine rings is 1. The summed E-state index contributed by atoms with van der Waals surface area (Å²) in [5.41, 5.74) is 11.0. The first-order valence-corrected chi connectivity index (χ1v) is 15.3. The smallest absolute Gasteiger partial charge is 0.0942 e. The largest absolute Gasteiger partial charge is 0.378 e. The van der Waals surface area contributed by atoms with Gasteiger partial charge in [0.1, 0.15) is 0 Å². The molecule has 1 aliphatic rings. The SMILES string of the molecule is C/C=N\C(=C/C(C)CC)CNc1cc(C(/C=C\C=C\CC)=C(/C)C2CCC2)nc2c(C)c(CC)n(C(C)C)c12. The lowest BCUT2D eigenvalue weighted by atomic mass is 9.78. The number of aryl methyl sites for hydroxylation is 1. The van der Waals surface area contributed by atoms with Gasteiger partial charge < -0.3 is 9.88 Å². The molecule has 39 heavy (non-hydrogen) atoms. The van der Waals surface area contributed by atoms with E-state index in [1.165, 1.54) is 47.2 Å². The Hall–Kier alpha value is -2.88. The summed E-state index contributed by atoms with van der Waals surface area (Å²) in [7, 11) is 0. The van der Waals surface area contributed by atoms with Crippen LogP contribution in [-0.2, 0) is 6.42 Å². The Kier molecular flexibility index (Phi) is 11.4. The van der Waals surface area contributed by atoms with Crippen LogP contribution in [0.4, 0.5) is 5.69 Å². The van der Waals surface area contributed by atoms with E-state index in [-0.39, 0.29) is 0 Å². The van der Waals surface area contributed by atoms with Crippen molar-refractivity contribution in [3.63, 3.8) is 0 Å². The number of nitrogens with zero attached hydrogens (tertiary/aromatic N) is 3. The molecule has 1 N–H and O–H groups in total. The number of allylic oxidation sites excluding steroid dienone is 7. The van der Waals surface area contributed by atoms with E-state index in [1.54, 1.807) is 0 Å². The molecule has 4 nitrogen and oxygen atoms in total. The monoisotopic (exact) mass is 528 g/mol. The molecule has 2 aromatic heterocycles. The molecular formula is C35H52N4. The molecule has 2 aromatic rings. The Bertz CT molecular complexity index is 1260. The molecule has 212 valence electrons. The maximum atomic E-state index is 5.39. The van der Waals surface area contributed by atoms with Crippen molar-refractivity contribution in [2.24, 2.45) is 16.8 Å². The summed E-state index contributed by atoms with van der Waals surface area (Å²) in [4.78, 5) is 10.1. The van der Waals surface area contributed by atoms with Crippen molar-refractivity contribution in [1.82, 2.24) is 9.55 Å². The predicted octanol–water partition coefficient (Wildman–Crippen LogP) is 10.0. The molecule has 1 fully saturated rings. The molecule has 0 saturated heterocycles. The van der Waals surface area contributed by atoms with E-state index in [1.807, 2.05) is 13.1 Å². The van der Waals surface area contributed by atoms with E-state index in [0.717, 1.165) is 41.9 Å². The van der Waals surface area contributed by atoms with Crippen LogP contribution in [0.15, 0.2) is 52.7 Å². The van der Waals surface area contributed by atoms with Gasteiger partial charge in [0.25, 0.3) is 0 Å². The number of aromatic nitrogens is 2. The molecular weight excluding hydrogens is 476 g/mol. The summed E-state index contributed by atoms with van der Waals surface area (Å²) in [6.45, 7) is 20.7. The lowest BCUT2D eigenvalue weighted by molar-refractivity contribution is 0.369. The number of fused-ring (bicyclic) bond motifs is 1. The molecule has 1 unspecified atom stereocenters. The topological polar surface area (TPSA) is 42.2 Å². The Morgan fingerprint density at radius 1 is 1.18 bits per heavy atom. The van der Waals surface area contributed by atoms with Crippen LogP contribution in [0, 0.1) is 18.8 Å². The number of hydrogen-bond acceptors (Lipinski definition) is 3. The van der Waals surface area contributed by atoms with Gasteiger partial charge in [0.15, 0.2) is 0 Å². The van der Waals surface area contributed by atoms with E-state index in [4.69, 9.17) is 9.98 Å². The molecule has 0 aliphatic heterocycles. The number of nitrogens with one attached hydrogen (secondary N) is 1. The fraction of sp³-hybridized carbons (Fsp3) is 0.543. The third-order valence-corrected chi connectivity index (χ3v) is 8.20. The maximum Gasteiger partial charge on any atom is 0.0942 e. The summed E-state index contributed by atoms with van der Waals surface area (Å²) in [5.74, 6) is 1.15. The van der Waals surface area contributed by atoms with E-state index < -0.39 is 0 Å². The van der Waals surface area contributed by atoms with Crippen LogP contribution in [0.25, 0.3) is 16.6 Å². The standard InChI is InChI=1S/C35H52N4/c1-10-14-15-16-20-30(26(8)28-18-17-19-28)31-22-32(37-23-29(36-13-4)21-25(7)11-2)35-34(38-31)27(9)33(12-3)39(35)24(5)6/h13-16,20-22,24-25,28H,10-12,17-19,23H2,1-9H3,(H,37,38)/b15-14+,20-16-,29-21-,30-26-,36-13-. The van der Waals surface area contributed by atoms with Crippen molar-refractivity contribution < 1.29 is 0 Å². The molecule has 1 saturated carbocycles. The van der Waals surface area contributed by atoms with Crippen LogP contribution in [0.3, 0.4) is 0 Å². The summed E-state index contributed by atoms with van der Waals surface area (Å²) in [5, 5.41) is 3.83. The first-order valence-electron chi connectivity index (χ1n) is 15.3. The van der Waals surface area contributed by atoms with E-state index in [9.17, 15) is 0 Å².